The first-order chi connectivity index (χ1) is 29.2. The van der Waals surface area contributed by atoms with Crippen molar-refractivity contribution in [3.05, 3.63) is 212 Å². The fourth-order valence-electron chi connectivity index (χ4n) is 8.17. The molecule has 11 aromatic rings. The van der Waals surface area contributed by atoms with Gasteiger partial charge in [-0.25, -0.2) is 15.0 Å². The van der Waals surface area contributed by atoms with Gasteiger partial charge in [0.25, 0.3) is 0 Å². The van der Waals surface area contributed by atoms with Crippen LogP contribution in [0.3, 0.4) is 0 Å². The quantitative estimate of drug-likeness (QED) is 0.163. The van der Waals surface area contributed by atoms with Gasteiger partial charge in [0.05, 0.1) is 0 Å². The van der Waals surface area contributed by atoms with Crippen molar-refractivity contribution in [3.63, 3.8) is 0 Å². The topological polar surface area (TPSA) is 51.8 Å². The number of benzene rings is 9. The van der Waals surface area contributed by atoms with Gasteiger partial charge in [0.15, 0.2) is 17.5 Å². The van der Waals surface area contributed by atoms with Crippen LogP contribution in [0.2, 0.25) is 0 Å². The molecule has 4 heteroatoms. The van der Waals surface area contributed by atoms with Crippen molar-refractivity contribution in [2.75, 3.05) is 0 Å². The van der Waals surface area contributed by atoms with Crippen LogP contribution in [0.15, 0.2) is 217 Å². The highest BCUT2D eigenvalue weighted by atomic mass is 16.3. The minimum Gasteiger partial charge on any atom is -0.455 e. The lowest BCUT2D eigenvalue weighted by molar-refractivity contribution is 0.674. The van der Waals surface area contributed by atoms with Gasteiger partial charge in [-0.1, -0.05) is 200 Å². The van der Waals surface area contributed by atoms with Crippen LogP contribution in [-0.2, 0) is 0 Å². The maximum Gasteiger partial charge on any atom is 0.164 e. The van der Waals surface area contributed by atoms with Crippen LogP contribution in [0, 0.1) is 0 Å². The van der Waals surface area contributed by atoms with E-state index in [1.165, 1.54) is 27.8 Å². The Morgan fingerprint density at radius 2 is 0.644 bits per heavy atom. The van der Waals surface area contributed by atoms with Crippen molar-refractivity contribution >= 4 is 32.7 Å². The van der Waals surface area contributed by atoms with Gasteiger partial charge in [-0.3, -0.25) is 0 Å². The highest BCUT2D eigenvalue weighted by Gasteiger charge is 2.19. The van der Waals surface area contributed by atoms with Crippen molar-refractivity contribution in [2.45, 2.75) is 0 Å². The summed E-state index contributed by atoms with van der Waals surface area (Å²) in [4.78, 5) is 15.0. The van der Waals surface area contributed by atoms with Gasteiger partial charge in [0.1, 0.15) is 11.2 Å². The van der Waals surface area contributed by atoms with Crippen LogP contribution in [0.1, 0.15) is 0 Å². The summed E-state index contributed by atoms with van der Waals surface area (Å²) in [6.07, 6.45) is 0. The van der Waals surface area contributed by atoms with Crippen molar-refractivity contribution in [3.8, 4) is 78.7 Å². The highest BCUT2D eigenvalue weighted by molar-refractivity contribution is 6.20. The normalized spacial score (nSPS) is 11.4. The number of hydrogen-bond acceptors (Lipinski definition) is 4. The predicted octanol–water partition coefficient (Wildman–Crippen LogP) is 14.6. The summed E-state index contributed by atoms with van der Waals surface area (Å²) >= 11 is 0. The molecule has 9 aromatic carbocycles. The van der Waals surface area contributed by atoms with Crippen LogP contribution < -0.4 is 0 Å². The lowest BCUT2D eigenvalue weighted by Crippen LogP contribution is -2.00. The van der Waals surface area contributed by atoms with E-state index in [2.05, 4.69) is 176 Å². The molecule has 0 radical (unpaired) electrons. The molecule has 276 valence electrons. The molecule has 59 heavy (non-hydrogen) atoms. The number of furan rings is 1. The van der Waals surface area contributed by atoms with E-state index in [0.29, 0.717) is 17.5 Å². The Morgan fingerprint density at radius 3 is 1.27 bits per heavy atom. The molecule has 11 rings (SSSR count). The van der Waals surface area contributed by atoms with E-state index in [-0.39, 0.29) is 0 Å². The summed E-state index contributed by atoms with van der Waals surface area (Å²) in [5.41, 5.74) is 13.7. The van der Waals surface area contributed by atoms with Gasteiger partial charge in [-0.05, 0) is 56.5 Å². The summed E-state index contributed by atoms with van der Waals surface area (Å²) < 4.78 is 6.88. The van der Waals surface area contributed by atoms with Gasteiger partial charge in [0.2, 0.25) is 0 Å². The third-order valence-corrected chi connectivity index (χ3v) is 11.2. The van der Waals surface area contributed by atoms with Gasteiger partial charge in [-0.15, -0.1) is 0 Å². The highest BCUT2D eigenvalue weighted by Crippen LogP contribution is 2.43. The molecule has 0 amide bonds. The zero-order valence-corrected chi connectivity index (χ0v) is 32.0. The molecule has 0 aliphatic heterocycles. The first kappa shape index (κ1) is 34.3. The predicted molar refractivity (Wildman–Crippen MR) is 243 cm³/mol. The average molecular weight is 754 g/mol. The molecule has 2 aromatic heterocycles. The lowest BCUT2D eigenvalue weighted by Gasteiger charge is -2.10. The van der Waals surface area contributed by atoms with Gasteiger partial charge >= 0.3 is 0 Å². The number of rotatable bonds is 7. The van der Waals surface area contributed by atoms with Crippen LogP contribution in [0.5, 0.6) is 0 Å². The molecule has 0 N–H and O–H groups in total. The number of fused-ring (bicyclic) bond motifs is 5. The Bertz CT molecular complexity index is 3280. The molecule has 0 fully saturated rings. The number of hydrogen-bond donors (Lipinski definition) is 0. The fourth-order valence-corrected chi connectivity index (χ4v) is 8.17. The smallest absolute Gasteiger partial charge is 0.164 e. The van der Waals surface area contributed by atoms with Crippen molar-refractivity contribution < 1.29 is 4.42 Å². The summed E-state index contributed by atoms with van der Waals surface area (Å²) in [7, 11) is 0. The van der Waals surface area contributed by atoms with E-state index < -0.39 is 0 Å². The van der Waals surface area contributed by atoms with E-state index in [9.17, 15) is 0 Å². The van der Waals surface area contributed by atoms with Gasteiger partial charge in [0, 0.05) is 38.4 Å². The minimum atomic E-state index is 0.616. The van der Waals surface area contributed by atoms with E-state index in [0.717, 1.165) is 66.1 Å². The zero-order valence-electron chi connectivity index (χ0n) is 32.0. The Hall–Kier alpha value is -7.95. The maximum absolute atomic E-state index is 6.88. The Kier molecular flexibility index (Phi) is 8.45. The Morgan fingerprint density at radius 1 is 0.237 bits per heavy atom. The third-order valence-electron chi connectivity index (χ3n) is 11.2. The second-order valence-corrected chi connectivity index (χ2v) is 14.8. The molecule has 0 aliphatic carbocycles. The molecule has 0 saturated heterocycles. The number of para-hydroxylation sites is 1. The van der Waals surface area contributed by atoms with Crippen molar-refractivity contribution in [2.24, 2.45) is 0 Å². The SMILES string of the molecule is c1ccc(-c2ccc(-c3nc(-c4ccccc4)nc(-c4ccc(-c5cccc6c5oc5c7ccccc7c(-c7cccc(-c8ccccc8)c7)cc65)cc4)n3)cc2)cc1. The van der Waals surface area contributed by atoms with Crippen molar-refractivity contribution in [1.29, 1.82) is 0 Å². The van der Waals surface area contributed by atoms with E-state index in [4.69, 9.17) is 19.4 Å². The first-order valence-electron chi connectivity index (χ1n) is 19.8. The van der Waals surface area contributed by atoms with Crippen LogP contribution >= 0.6 is 0 Å². The number of aromatic nitrogens is 3. The maximum atomic E-state index is 6.88. The van der Waals surface area contributed by atoms with Crippen LogP contribution in [0.4, 0.5) is 0 Å². The van der Waals surface area contributed by atoms with E-state index in [1.54, 1.807) is 0 Å². The van der Waals surface area contributed by atoms with Crippen molar-refractivity contribution in [1.82, 2.24) is 15.0 Å². The van der Waals surface area contributed by atoms with E-state index in [1.807, 2.05) is 36.4 Å². The molecule has 0 saturated carbocycles. The standard InChI is InChI=1S/C55H35N3O/c1-4-14-36(15-5-1)38-26-30-41(31-27-38)54-56-53(40-18-8-3-9-19-40)57-55(58-54)42-32-28-39(29-33-42)45-24-13-25-48-50-35-49(46-22-10-11-23-47(46)52(50)59-51(45)48)44-21-12-20-43(34-44)37-16-6-2-7-17-37/h1-35H. The molecule has 0 aliphatic rings. The van der Waals surface area contributed by atoms with Crippen LogP contribution in [-0.4, -0.2) is 15.0 Å². The molecule has 0 bridgehead atoms. The zero-order chi connectivity index (χ0) is 39.1. The lowest BCUT2D eigenvalue weighted by atomic mass is 9.93. The summed E-state index contributed by atoms with van der Waals surface area (Å²) in [6, 6.07) is 74.0. The second kappa shape index (κ2) is 14.5. The first-order valence-corrected chi connectivity index (χ1v) is 19.8. The average Bonchev–Trinajstić information content (AvgIpc) is 3.71. The van der Waals surface area contributed by atoms with Gasteiger partial charge < -0.3 is 4.42 Å². The van der Waals surface area contributed by atoms with Gasteiger partial charge in [-0.2, -0.15) is 0 Å². The largest absolute Gasteiger partial charge is 0.455 e. The van der Waals surface area contributed by atoms with Crippen LogP contribution in [0.25, 0.3) is 111 Å². The summed E-state index contributed by atoms with van der Waals surface area (Å²) in [5.74, 6) is 1.88. The Labute approximate surface area is 341 Å². The Balaban J connectivity index is 0.990. The number of nitrogens with zero attached hydrogens (tertiary/aromatic N) is 3. The molecule has 2 heterocycles. The minimum absolute atomic E-state index is 0.616. The molecule has 0 unspecified atom stereocenters. The molecule has 0 atom stereocenters. The monoisotopic (exact) mass is 753 g/mol. The summed E-state index contributed by atoms with van der Waals surface area (Å²) in [6.45, 7) is 0. The molecule has 4 nitrogen and oxygen atoms in total. The molecule has 0 spiro atoms. The third kappa shape index (κ3) is 6.34. The molecular formula is C55H35N3O. The second-order valence-electron chi connectivity index (χ2n) is 14.8. The fraction of sp³-hybridized carbons (Fsp3) is 0. The van der Waals surface area contributed by atoms with E-state index >= 15 is 0 Å². The molecular weight excluding hydrogens is 719 g/mol. The summed E-state index contributed by atoms with van der Waals surface area (Å²) in [5, 5.41) is 4.44.